The van der Waals surface area contributed by atoms with Gasteiger partial charge in [0.2, 0.25) is 0 Å². The van der Waals surface area contributed by atoms with E-state index in [1.807, 2.05) is 6.07 Å². The molecule has 13 heteroatoms. The van der Waals surface area contributed by atoms with E-state index in [4.69, 9.17) is 38.0 Å². The number of imide groups is 1. The highest BCUT2D eigenvalue weighted by atomic mass is 35.5. The molecular formula is C29H31ClN6O5S. The van der Waals surface area contributed by atoms with Gasteiger partial charge in [0.05, 0.1) is 41.5 Å². The van der Waals surface area contributed by atoms with Gasteiger partial charge in [0.1, 0.15) is 22.9 Å². The number of halogens is 1. The maximum atomic E-state index is 13.7. The predicted molar refractivity (Wildman–Crippen MR) is 161 cm³/mol. The van der Waals surface area contributed by atoms with Gasteiger partial charge in [-0.2, -0.15) is 0 Å². The number of amides is 2. The molecule has 0 saturated heterocycles. The van der Waals surface area contributed by atoms with Gasteiger partial charge in [-0.1, -0.05) is 29.9 Å². The lowest BCUT2D eigenvalue weighted by Crippen LogP contribution is -2.47. The Morgan fingerprint density at radius 1 is 1.14 bits per heavy atom. The third-order valence-corrected chi connectivity index (χ3v) is 6.56. The number of nitrogens with zero attached hydrogens (tertiary/aromatic N) is 4. The topological polar surface area (TPSA) is 128 Å². The third-order valence-electron chi connectivity index (χ3n) is 5.96. The summed E-state index contributed by atoms with van der Waals surface area (Å²) in [6.45, 7) is 5.81. The predicted octanol–water partition coefficient (Wildman–Crippen LogP) is 5.06. The minimum absolute atomic E-state index is 0.0881. The molecule has 1 aromatic carbocycles. The summed E-state index contributed by atoms with van der Waals surface area (Å²) < 4.78 is 16.8. The zero-order valence-electron chi connectivity index (χ0n) is 23.6. The van der Waals surface area contributed by atoms with Crippen LogP contribution in [0.5, 0.6) is 11.5 Å². The molecule has 0 unspecified atom stereocenters. The van der Waals surface area contributed by atoms with Crippen molar-refractivity contribution in [3.63, 3.8) is 0 Å². The van der Waals surface area contributed by atoms with Crippen LogP contribution >= 0.6 is 23.8 Å². The van der Waals surface area contributed by atoms with Crippen LogP contribution in [-0.4, -0.2) is 56.1 Å². The lowest BCUT2D eigenvalue weighted by Gasteiger charge is -2.31. The number of hydrogen-bond donors (Lipinski definition) is 2. The summed E-state index contributed by atoms with van der Waals surface area (Å²) in [4.78, 5) is 40.3. The zero-order valence-corrected chi connectivity index (χ0v) is 25.2. The Kier molecular flexibility index (Phi) is 9.92. The van der Waals surface area contributed by atoms with Gasteiger partial charge in [-0.3, -0.25) is 19.7 Å². The van der Waals surface area contributed by atoms with E-state index >= 15 is 0 Å². The smallest absolute Gasteiger partial charge is 0.417 e. The maximum Gasteiger partial charge on any atom is 0.417 e. The number of methoxy groups -OCH3 is 1. The molecule has 0 saturated carbocycles. The van der Waals surface area contributed by atoms with Gasteiger partial charge >= 0.3 is 6.09 Å². The van der Waals surface area contributed by atoms with Gasteiger partial charge in [0.15, 0.2) is 5.75 Å². The summed E-state index contributed by atoms with van der Waals surface area (Å²) in [7, 11) is 1.48. The number of nitrogens with one attached hydrogen (secondary N) is 2. The van der Waals surface area contributed by atoms with Crippen LogP contribution in [0.1, 0.15) is 38.4 Å². The fraction of sp³-hybridized carbons (Fsp3) is 0.310. The number of para-hydroxylation sites is 1. The van der Waals surface area contributed by atoms with Crippen molar-refractivity contribution in [1.29, 1.82) is 0 Å². The van der Waals surface area contributed by atoms with Crippen LogP contribution in [0.25, 0.3) is 0 Å². The first-order chi connectivity index (χ1) is 20.1. The van der Waals surface area contributed by atoms with Crippen molar-refractivity contribution in [2.45, 2.75) is 45.9 Å². The average molecular weight is 611 g/mol. The SMILES string of the molecule is COc1c(Cl)cccc1NC(=S)C1=C(NCc2ccncc2OCc2cnccn2)CCN(C(=O)OC(C)(C)C)C1=O. The lowest BCUT2D eigenvalue weighted by atomic mass is 10.0. The van der Waals surface area contributed by atoms with Crippen molar-refractivity contribution in [1.82, 2.24) is 25.2 Å². The van der Waals surface area contributed by atoms with Crippen molar-refractivity contribution >= 4 is 46.5 Å². The molecule has 0 spiro atoms. The number of ether oxygens (including phenoxy) is 3. The molecule has 42 heavy (non-hydrogen) atoms. The molecule has 2 N–H and O–H groups in total. The Labute approximate surface area is 254 Å². The Balaban J connectivity index is 1.61. The number of hydrogen-bond acceptors (Lipinski definition) is 10. The third kappa shape index (κ3) is 7.71. The second-order valence-electron chi connectivity index (χ2n) is 10.1. The molecule has 4 rings (SSSR count). The Morgan fingerprint density at radius 3 is 2.64 bits per heavy atom. The molecule has 1 aliphatic heterocycles. The van der Waals surface area contributed by atoms with E-state index in [9.17, 15) is 9.59 Å². The number of carbonyl (C=O) groups excluding carboxylic acids is 2. The number of pyridine rings is 1. The molecule has 0 fully saturated rings. The zero-order chi connectivity index (χ0) is 30.3. The van der Waals surface area contributed by atoms with Gasteiger partial charge in [-0.25, -0.2) is 9.69 Å². The molecule has 3 heterocycles. The first-order valence-corrected chi connectivity index (χ1v) is 13.8. The van der Waals surface area contributed by atoms with E-state index in [2.05, 4.69) is 25.6 Å². The number of carbonyl (C=O) groups is 2. The molecule has 1 aliphatic rings. The summed E-state index contributed by atoms with van der Waals surface area (Å²) in [5, 5.41) is 6.77. The van der Waals surface area contributed by atoms with Crippen molar-refractivity contribution in [3.05, 3.63) is 82.8 Å². The van der Waals surface area contributed by atoms with Crippen LogP contribution in [0.2, 0.25) is 5.02 Å². The highest BCUT2D eigenvalue weighted by Crippen LogP contribution is 2.33. The van der Waals surface area contributed by atoms with Crippen LogP contribution in [-0.2, 0) is 22.7 Å². The van der Waals surface area contributed by atoms with Crippen molar-refractivity contribution in [3.8, 4) is 11.5 Å². The lowest BCUT2D eigenvalue weighted by molar-refractivity contribution is -0.126. The quantitative estimate of drug-likeness (QED) is 0.315. The monoisotopic (exact) mass is 610 g/mol. The molecule has 0 radical (unpaired) electrons. The van der Waals surface area contributed by atoms with E-state index in [0.717, 1.165) is 10.5 Å². The van der Waals surface area contributed by atoms with Crippen LogP contribution in [0.3, 0.4) is 0 Å². The highest BCUT2D eigenvalue weighted by Gasteiger charge is 2.36. The van der Waals surface area contributed by atoms with E-state index in [1.54, 1.807) is 70.0 Å². The van der Waals surface area contributed by atoms with Crippen LogP contribution in [0.4, 0.5) is 10.5 Å². The van der Waals surface area contributed by atoms with Gasteiger partial charge in [0, 0.05) is 49.4 Å². The summed E-state index contributed by atoms with van der Waals surface area (Å²) >= 11 is 12.0. The number of benzene rings is 1. The second-order valence-corrected chi connectivity index (χ2v) is 11.0. The molecule has 0 atom stereocenters. The minimum atomic E-state index is -0.782. The van der Waals surface area contributed by atoms with Crippen LogP contribution in [0.15, 0.2) is 66.5 Å². The number of rotatable bonds is 9. The number of aromatic nitrogens is 3. The largest absolute Gasteiger partial charge is 0.493 e. The average Bonchev–Trinajstić information content (AvgIpc) is 2.95. The molecule has 220 valence electrons. The van der Waals surface area contributed by atoms with E-state index in [0.29, 0.717) is 46.6 Å². The van der Waals surface area contributed by atoms with Crippen LogP contribution < -0.4 is 20.1 Å². The molecule has 0 aliphatic carbocycles. The summed E-state index contributed by atoms with van der Waals surface area (Å²) in [5.74, 6) is 0.315. The first kappa shape index (κ1) is 30.7. The summed E-state index contributed by atoms with van der Waals surface area (Å²) in [6, 6.07) is 6.94. The second kappa shape index (κ2) is 13.6. The molecule has 2 aromatic heterocycles. The van der Waals surface area contributed by atoms with E-state index < -0.39 is 17.6 Å². The molecule has 2 amide bonds. The van der Waals surface area contributed by atoms with E-state index in [1.165, 1.54) is 7.11 Å². The molecule has 3 aromatic rings. The van der Waals surface area contributed by atoms with E-state index in [-0.39, 0.29) is 23.7 Å². The Hall–Kier alpha value is -4.29. The Bertz CT molecular complexity index is 1500. The fourth-order valence-corrected chi connectivity index (χ4v) is 4.63. The molecule has 0 bridgehead atoms. The number of anilines is 1. The van der Waals surface area contributed by atoms with Gasteiger partial charge < -0.3 is 24.8 Å². The molecular weight excluding hydrogens is 580 g/mol. The highest BCUT2D eigenvalue weighted by molar-refractivity contribution is 7.81. The first-order valence-electron chi connectivity index (χ1n) is 13.0. The van der Waals surface area contributed by atoms with Gasteiger partial charge in [0.25, 0.3) is 5.91 Å². The van der Waals surface area contributed by atoms with Crippen molar-refractivity contribution in [2.24, 2.45) is 0 Å². The summed E-state index contributed by atoms with van der Waals surface area (Å²) in [6.07, 6.45) is 7.63. The van der Waals surface area contributed by atoms with Gasteiger partial charge in [-0.15, -0.1) is 0 Å². The van der Waals surface area contributed by atoms with Gasteiger partial charge in [-0.05, 0) is 39.0 Å². The standard InChI is InChI=1S/C29H31ClN6O5S/c1-29(2,3)41-28(38)36-13-9-21(24(27(36)37)26(42)35-22-7-5-6-20(30)25(22)39-4)34-14-18-8-10-31-16-23(18)40-17-19-15-32-11-12-33-19/h5-8,10-12,15-16,34H,9,13-14,17H2,1-4H3,(H,35,42). The fourth-order valence-electron chi connectivity index (χ4n) is 4.06. The maximum absolute atomic E-state index is 13.7. The van der Waals surface area contributed by atoms with Crippen molar-refractivity contribution in [2.75, 3.05) is 19.0 Å². The Morgan fingerprint density at radius 2 is 1.93 bits per heavy atom. The van der Waals surface area contributed by atoms with Crippen LogP contribution in [0, 0.1) is 0 Å². The van der Waals surface area contributed by atoms with Crippen molar-refractivity contribution < 1.29 is 23.8 Å². The number of thiocarbonyl (C=S) groups is 1. The minimum Gasteiger partial charge on any atom is -0.493 e. The normalized spacial score (nSPS) is 13.5. The summed E-state index contributed by atoms with van der Waals surface area (Å²) in [5.41, 5.74) is 1.82. The molecule has 11 nitrogen and oxygen atoms in total.